The van der Waals surface area contributed by atoms with Crippen LogP contribution in [0.4, 0.5) is 13.2 Å². The van der Waals surface area contributed by atoms with Crippen molar-refractivity contribution in [3.05, 3.63) is 41.2 Å². The molecular formula is C19H25F3O. The van der Waals surface area contributed by atoms with Gasteiger partial charge in [-0.25, -0.2) is 8.78 Å². The normalized spacial score (nSPS) is 22.2. The highest BCUT2D eigenvalue weighted by Crippen LogP contribution is 2.33. The Morgan fingerprint density at radius 3 is 2.48 bits per heavy atom. The summed E-state index contributed by atoms with van der Waals surface area (Å²) in [4.78, 5) is 0. The van der Waals surface area contributed by atoms with Gasteiger partial charge in [0.2, 0.25) is 5.82 Å². The minimum Gasteiger partial charge on any atom is -0.491 e. The van der Waals surface area contributed by atoms with Crippen LogP contribution in [-0.4, -0.2) is 6.61 Å². The van der Waals surface area contributed by atoms with E-state index in [0.717, 1.165) is 32.1 Å². The number of halogens is 3. The monoisotopic (exact) mass is 326 g/mol. The maximum atomic E-state index is 14.0. The number of allylic oxidation sites excluding steroid dienone is 2. The molecule has 1 saturated carbocycles. The van der Waals surface area contributed by atoms with Gasteiger partial charge in [-0.1, -0.05) is 12.1 Å². The predicted molar refractivity (Wildman–Crippen MR) is 86.2 cm³/mol. The quantitative estimate of drug-likeness (QED) is 0.625. The number of hydrogen-bond donors (Lipinski definition) is 0. The van der Waals surface area contributed by atoms with Gasteiger partial charge in [0, 0.05) is 0 Å². The van der Waals surface area contributed by atoms with E-state index in [1.165, 1.54) is 13.0 Å². The second kappa shape index (κ2) is 8.42. The van der Waals surface area contributed by atoms with Crippen molar-refractivity contribution in [2.75, 3.05) is 6.61 Å². The first-order chi connectivity index (χ1) is 11.0. The van der Waals surface area contributed by atoms with E-state index >= 15 is 0 Å². The Hall–Kier alpha value is -1.45. The van der Waals surface area contributed by atoms with Gasteiger partial charge in [0.25, 0.3) is 0 Å². The Kier molecular flexibility index (Phi) is 6.55. The Morgan fingerprint density at radius 2 is 1.87 bits per heavy atom. The first kappa shape index (κ1) is 17.9. The number of rotatable bonds is 6. The van der Waals surface area contributed by atoms with Crippen LogP contribution >= 0.6 is 0 Å². The van der Waals surface area contributed by atoms with Crippen molar-refractivity contribution in [3.8, 4) is 5.75 Å². The summed E-state index contributed by atoms with van der Waals surface area (Å²) < 4.78 is 45.8. The van der Waals surface area contributed by atoms with Crippen LogP contribution in [0.3, 0.4) is 0 Å². The van der Waals surface area contributed by atoms with Crippen LogP contribution in [0.25, 0.3) is 0 Å². The van der Waals surface area contributed by atoms with Gasteiger partial charge >= 0.3 is 0 Å². The van der Waals surface area contributed by atoms with Gasteiger partial charge in [0.05, 0.1) is 12.4 Å². The van der Waals surface area contributed by atoms with Gasteiger partial charge in [0.1, 0.15) is 0 Å². The molecule has 4 heteroatoms. The highest BCUT2D eigenvalue weighted by Gasteiger charge is 2.21. The standard InChI is InChI=1S/C19H25F3O/c1-3-23-17-11-10-16(18(21)19(17)22)9-8-14-4-6-15(7-5-14)12-13(2)20/h10-12,14-15H,3-9H2,1-2H3/b13-12-. The molecule has 1 aliphatic rings. The Morgan fingerprint density at radius 1 is 1.17 bits per heavy atom. The van der Waals surface area contributed by atoms with E-state index in [-0.39, 0.29) is 11.6 Å². The summed E-state index contributed by atoms with van der Waals surface area (Å²) >= 11 is 0. The molecule has 1 fully saturated rings. The second-order valence-corrected chi connectivity index (χ2v) is 6.36. The number of aryl methyl sites for hydroxylation is 1. The molecule has 0 aliphatic heterocycles. The molecule has 1 aliphatic carbocycles. The van der Waals surface area contributed by atoms with Gasteiger partial charge in [-0.2, -0.15) is 4.39 Å². The Balaban J connectivity index is 1.87. The van der Waals surface area contributed by atoms with Crippen LogP contribution in [0.15, 0.2) is 24.0 Å². The lowest BCUT2D eigenvalue weighted by Crippen LogP contribution is -2.14. The van der Waals surface area contributed by atoms with Crippen molar-refractivity contribution in [3.63, 3.8) is 0 Å². The number of ether oxygens (including phenoxy) is 1. The largest absolute Gasteiger partial charge is 0.491 e. The lowest BCUT2D eigenvalue weighted by molar-refractivity contribution is 0.291. The van der Waals surface area contributed by atoms with Crippen LogP contribution in [-0.2, 0) is 6.42 Å². The molecule has 0 heterocycles. The van der Waals surface area contributed by atoms with Crippen molar-refractivity contribution >= 4 is 0 Å². The molecule has 0 unspecified atom stereocenters. The van der Waals surface area contributed by atoms with E-state index in [9.17, 15) is 13.2 Å². The fraction of sp³-hybridized carbons (Fsp3) is 0.579. The fourth-order valence-electron chi connectivity index (χ4n) is 3.36. The first-order valence-electron chi connectivity index (χ1n) is 8.44. The van der Waals surface area contributed by atoms with Crippen molar-refractivity contribution in [2.24, 2.45) is 11.8 Å². The predicted octanol–water partition coefficient (Wildman–Crippen LogP) is 5.98. The van der Waals surface area contributed by atoms with Crippen LogP contribution in [0.2, 0.25) is 0 Å². The van der Waals surface area contributed by atoms with Crippen LogP contribution in [0, 0.1) is 23.5 Å². The molecule has 128 valence electrons. The maximum absolute atomic E-state index is 14.0. The summed E-state index contributed by atoms with van der Waals surface area (Å²) in [7, 11) is 0. The Bertz CT molecular complexity index is 542. The van der Waals surface area contributed by atoms with Crippen LogP contribution in [0.5, 0.6) is 5.75 Å². The summed E-state index contributed by atoms with van der Waals surface area (Å²) in [5.74, 6) is -0.982. The molecule has 2 rings (SSSR count). The van der Waals surface area contributed by atoms with E-state index in [1.807, 2.05) is 0 Å². The summed E-state index contributed by atoms with van der Waals surface area (Å²) in [6.07, 6.45) is 7.08. The SMILES string of the molecule is CCOc1ccc(CCC2CCC(/C=C(/C)F)CC2)c(F)c1F. The minimum atomic E-state index is -0.892. The molecule has 0 aromatic heterocycles. The molecule has 0 bridgehead atoms. The van der Waals surface area contributed by atoms with Crippen molar-refractivity contribution < 1.29 is 17.9 Å². The van der Waals surface area contributed by atoms with Crippen LogP contribution in [0.1, 0.15) is 51.5 Å². The van der Waals surface area contributed by atoms with E-state index in [1.54, 1.807) is 19.1 Å². The lowest BCUT2D eigenvalue weighted by atomic mass is 9.79. The fourth-order valence-corrected chi connectivity index (χ4v) is 3.36. The summed E-state index contributed by atoms with van der Waals surface area (Å²) in [5.41, 5.74) is 0.410. The lowest BCUT2D eigenvalue weighted by Gasteiger charge is -2.26. The van der Waals surface area contributed by atoms with Crippen molar-refractivity contribution in [1.29, 1.82) is 0 Å². The van der Waals surface area contributed by atoms with E-state index in [0.29, 0.717) is 30.4 Å². The van der Waals surface area contributed by atoms with Gasteiger partial charge in [-0.05, 0) is 75.8 Å². The van der Waals surface area contributed by atoms with Crippen LogP contribution < -0.4 is 4.74 Å². The summed E-state index contributed by atoms with van der Waals surface area (Å²) in [5, 5.41) is 0. The molecule has 1 aromatic rings. The molecular weight excluding hydrogens is 301 g/mol. The second-order valence-electron chi connectivity index (χ2n) is 6.36. The smallest absolute Gasteiger partial charge is 0.200 e. The molecule has 0 radical (unpaired) electrons. The molecule has 1 nitrogen and oxygen atoms in total. The van der Waals surface area contributed by atoms with Gasteiger partial charge in [0.15, 0.2) is 11.6 Å². The highest BCUT2D eigenvalue weighted by molar-refractivity contribution is 5.31. The number of benzene rings is 1. The highest BCUT2D eigenvalue weighted by atomic mass is 19.2. The number of hydrogen-bond acceptors (Lipinski definition) is 1. The minimum absolute atomic E-state index is 0.0253. The zero-order chi connectivity index (χ0) is 16.8. The summed E-state index contributed by atoms with van der Waals surface area (Å²) in [6.45, 7) is 3.53. The topological polar surface area (TPSA) is 9.23 Å². The van der Waals surface area contributed by atoms with E-state index in [2.05, 4.69) is 0 Å². The molecule has 0 saturated heterocycles. The van der Waals surface area contributed by atoms with Gasteiger partial charge < -0.3 is 4.74 Å². The molecule has 0 amide bonds. The average Bonchev–Trinajstić information content (AvgIpc) is 2.52. The van der Waals surface area contributed by atoms with E-state index < -0.39 is 11.6 Å². The Labute approximate surface area is 136 Å². The van der Waals surface area contributed by atoms with Crippen molar-refractivity contribution in [1.82, 2.24) is 0 Å². The third-order valence-electron chi connectivity index (χ3n) is 4.61. The zero-order valence-electron chi connectivity index (χ0n) is 13.9. The van der Waals surface area contributed by atoms with Gasteiger partial charge in [-0.15, -0.1) is 0 Å². The molecule has 0 atom stereocenters. The summed E-state index contributed by atoms with van der Waals surface area (Å²) in [6, 6.07) is 3.12. The zero-order valence-corrected chi connectivity index (χ0v) is 13.9. The molecule has 0 N–H and O–H groups in total. The van der Waals surface area contributed by atoms with Crippen molar-refractivity contribution in [2.45, 2.75) is 52.4 Å². The maximum Gasteiger partial charge on any atom is 0.200 e. The third-order valence-corrected chi connectivity index (χ3v) is 4.61. The van der Waals surface area contributed by atoms with E-state index in [4.69, 9.17) is 4.74 Å². The van der Waals surface area contributed by atoms with Gasteiger partial charge in [-0.3, -0.25) is 0 Å². The average molecular weight is 326 g/mol. The molecule has 0 spiro atoms. The third kappa shape index (κ3) is 5.02. The first-order valence-corrected chi connectivity index (χ1v) is 8.44. The molecule has 23 heavy (non-hydrogen) atoms. The molecule has 1 aromatic carbocycles.